The summed E-state index contributed by atoms with van der Waals surface area (Å²) in [5.41, 5.74) is -2.47. The molecule has 2 rings (SSSR count). The maximum atomic E-state index is 14.2. The van der Waals surface area contributed by atoms with E-state index in [0.29, 0.717) is 6.07 Å². The van der Waals surface area contributed by atoms with Crippen LogP contribution in [0.4, 0.5) is 26.3 Å². The van der Waals surface area contributed by atoms with Gasteiger partial charge in [0.05, 0.1) is 6.54 Å². The summed E-state index contributed by atoms with van der Waals surface area (Å²) in [5.74, 6) is -3.70. The fraction of sp³-hybridized carbons (Fsp3) is 0.467. The molecule has 4 nitrogen and oxygen atoms in total. The van der Waals surface area contributed by atoms with Crippen molar-refractivity contribution in [1.82, 2.24) is 14.8 Å². The maximum absolute atomic E-state index is 14.2. The largest absolute Gasteiger partial charge is 0.383 e. The highest BCUT2D eigenvalue weighted by Gasteiger charge is 2.45. The molecule has 0 bridgehead atoms. The highest BCUT2D eigenvalue weighted by Crippen LogP contribution is 2.41. The number of alkyl halides is 4. The van der Waals surface area contributed by atoms with Crippen LogP contribution in [0.1, 0.15) is 12.5 Å². The number of nitrogens with zero attached hydrogens (tertiary/aromatic N) is 3. The lowest BCUT2D eigenvalue weighted by molar-refractivity contribution is -0.0582. The van der Waals surface area contributed by atoms with Gasteiger partial charge in [0.2, 0.25) is 0 Å². The molecule has 1 aromatic heterocycles. The minimum atomic E-state index is -4.32. The third-order valence-electron chi connectivity index (χ3n) is 3.86. The smallest absolute Gasteiger partial charge is 0.353 e. The van der Waals surface area contributed by atoms with E-state index in [1.165, 1.54) is 13.3 Å². The summed E-state index contributed by atoms with van der Waals surface area (Å²) in [6.45, 7) is 0.909. The average Bonchev–Trinajstić information content (AvgIpc) is 3.04. The summed E-state index contributed by atoms with van der Waals surface area (Å²) in [6.07, 6.45) is -1.53. The molecule has 1 N–H and O–H groups in total. The third kappa shape index (κ3) is 4.50. The van der Waals surface area contributed by atoms with Crippen LogP contribution in [0.15, 0.2) is 30.9 Å². The summed E-state index contributed by atoms with van der Waals surface area (Å²) < 4.78 is 79.6. The summed E-state index contributed by atoms with van der Waals surface area (Å²) in [4.78, 5) is 3.67. The number of thioether (sulfide) groups is 1. The van der Waals surface area contributed by atoms with Crippen molar-refractivity contribution >= 4 is 11.8 Å². The Labute approximate surface area is 149 Å². The first-order valence-electron chi connectivity index (χ1n) is 7.36. The Balaban J connectivity index is 2.33. The van der Waals surface area contributed by atoms with E-state index in [1.807, 2.05) is 0 Å². The standard InChI is InChI=1S/C15H15F6N3OS/c1-9(5-26-15(20,21)13(18)19)14(25,6-24-8-22-7-23-24)11-3-2-10(16)4-12(11)17/h2-4,7-9,13,25H,5-6H2,1H3. The molecule has 0 saturated heterocycles. The van der Waals surface area contributed by atoms with Crippen LogP contribution in [0.5, 0.6) is 0 Å². The lowest BCUT2D eigenvalue weighted by Crippen LogP contribution is -2.41. The minimum Gasteiger partial charge on any atom is -0.383 e. The zero-order valence-electron chi connectivity index (χ0n) is 13.4. The molecule has 0 aliphatic carbocycles. The van der Waals surface area contributed by atoms with Crippen molar-refractivity contribution in [3.8, 4) is 0 Å². The molecule has 2 aromatic rings. The van der Waals surface area contributed by atoms with Crippen molar-refractivity contribution in [1.29, 1.82) is 0 Å². The summed E-state index contributed by atoms with van der Waals surface area (Å²) in [5, 5.41) is 10.5. The van der Waals surface area contributed by atoms with E-state index in [9.17, 15) is 31.4 Å². The van der Waals surface area contributed by atoms with Crippen LogP contribution in [-0.2, 0) is 12.1 Å². The van der Waals surface area contributed by atoms with Crippen LogP contribution in [0.3, 0.4) is 0 Å². The Morgan fingerprint density at radius 2 is 1.96 bits per heavy atom. The maximum Gasteiger partial charge on any atom is 0.353 e. The van der Waals surface area contributed by atoms with Gasteiger partial charge in [-0.05, 0) is 6.07 Å². The van der Waals surface area contributed by atoms with Gasteiger partial charge >= 0.3 is 11.7 Å². The molecular weight excluding hydrogens is 384 g/mol. The van der Waals surface area contributed by atoms with Gasteiger partial charge in [-0.15, -0.1) is 0 Å². The summed E-state index contributed by atoms with van der Waals surface area (Å²) >= 11 is -0.347. The van der Waals surface area contributed by atoms with Gasteiger partial charge in [0.15, 0.2) is 0 Å². The summed E-state index contributed by atoms with van der Waals surface area (Å²) in [7, 11) is 0. The number of benzene rings is 1. The van der Waals surface area contributed by atoms with Gasteiger partial charge in [-0.1, -0.05) is 24.8 Å². The highest BCUT2D eigenvalue weighted by atomic mass is 32.2. The topological polar surface area (TPSA) is 50.9 Å². The predicted molar refractivity (Wildman–Crippen MR) is 82.8 cm³/mol. The molecule has 0 amide bonds. The van der Waals surface area contributed by atoms with Gasteiger partial charge < -0.3 is 5.11 Å². The molecule has 0 spiro atoms. The van der Waals surface area contributed by atoms with E-state index in [2.05, 4.69) is 10.1 Å². The van der Waals surface area contributed by atoms with E-state index in [1.54, 1.807) is 0 Å². The molecule has 0 saturated carbocycles. The minimum absolute atomic E-state index is 0.347. The van der Waals surface area contributed by atoms with Crippen molar-refractivity contribution in [3.05, 3.63) is 48.1 Å². The van der Waals surface area contributed by atoms with Crippen LogP contribution in [-0.4, -0.2) is 37.3 Å². The Morgan fingerprint density at radius 3 is 2.50 bits per heavy atom. The normalized spacial score (nSPS) is 15.9. The number of rotatable bonds is 8. The molecule has 11 heteroatoms. The van der Waals surface area contributed by atoms with Crippen molar-refractivity contribution < 1.29 is 31.4 Å². The second kappa shape index (κ2) is 7.87. The van der Waals surface area contributed by atoms with E-state index in [0.717, 1.165) is 23.1 Å². The summed E-state index contributed by atoms with van der Waals surface area (Å²) in [6, 6.07) is 2.42. The van der Waals surface area contributed by atoms with Crippen LogP contribution in [0.2, 0.25) is 0 Å². The Kier molecular flexibility index (Phi) is 6.22. The molecule has 1 aromatic carbocycles. The Bertz CT molecular complexity index is 730. The van der Waals surface area contributed by atoms with Gasteiger partial charge in [-0.25, -0.2) is 27.2 Å². The lowest BCUT2D eigenvalue weighted by Gasteiger charge is -2.35. The van der Waals surface area contributed by atoms with Crippen LogP contribution in [0.25, 0.3) is 0 Å². The molecule has 26 heavy (non-hydrogen) atoms. The molecular formula is C15H15F6N3OS. The quantitative estimate of drug-likeness (QED) is 0.689. The first-order valence-corrected chi connectivity index (χ1v) is 8.35. The zero-order valence-corrected chi connectivity index (χ0v) is 14.2. The SMILES string of the molecule is CC(CSC(F)(F)C(F)F)C(O)(Cn1cncn1)c1ccc(F)cc1F. The highest BCUT2D eigenvalue weighted by molar-refractivity contribution is 8.00. The first-order chi connectivity index (χ1) is 12.1. The lowest BCUT2D eigenvalue weighted by atomic mass is 9.82. The van der Waals surface area contributed by atoms with Gasteiger partial charge in [-0.3, -0.25) is 0 Å². The van der Waals surface area contributed by atoms with Gasteiger partial charge in [0.25, 0.3) is 0 Å². The van der Waals surface area contributed by atoms with Gasteiger partial charge in [0.1, 0.15) is 29.9 Å². The fourth-order valence-electron chi connectivity index (χ4n) is 2.35. The van der Waals surface area contributed by atoms with Crippen molar-refractivity contribution in [2.45, 2.75) is 30.7 Å². The molecule has 0 aliphatic heterocycles. The van der Waals surface area contributed by atoms with Gasteiger partial charge in [-0.2, -0.15) is 13.9 Å². The van der Waals surface area contributed by atoms with Crippen LogP contribution < -0.4 is 0 Å². The molecule has 0 aliphatic rings. The van der Waals surface area contributed by atoms with E-state index < -0.39 is 47.1 Å². The second-order valence-corrected chi connectivity index (χ2v) is 6.88. The monoisotopic (exact) mass is 399 g/mol. The number of aromatic nitrogens is 3. The molecule has 1 heterocycles. The number of aliphatic hydroxyl groups is 1. The fourth-order valence-corrected chi connectivity index (χ4v) is 3.22. The first kappa shape index (κ1) is 20.6. The molecule has 2 atom stereocenters. The Hall–Kier alpha value is -1.75. The molecule has 0 fully saturated rings. The Morgan fingerprint density at radius 1 is 1.27 bits per heavy atom. The average molecular weight is 399 g/mol. The van der Waals surface area contributed by atoms with Gasteiger partial charge in [0, 0.05) is 23.3 Å². The van der Waals surface area contributed by atoms with E-state index >= 15 is 0 Å². The number of hydrogen-bond acceptors (Lipinski definition) is 4. The van der Waals surface area contributed by atoms with E-state index in [-0.39, 0.29) is 17.3 Å². The van der Waals surface area contributed by atoms with Crippen molar-refractivity contribution in [2.75, 3.05) is 5.75 Å². The second-order valence-electron chi connectivity index (χ2n) is 5.72. The molecule has 144 valence electrons. The van der Waals surface area contributed by atoms with Crippen molar-refractivity contribution in [2.24, 2.45) is 5.92 Å². The van der Waals surface area contributed by atoms with Crippen LogP contribution >= 0.6 is 11.8 Å². The number of halogens is 6. The van der Waals surface area contributed by atoms with E-state index in [4.69, 9.17) is 0 Å². The zero-order chi connectivity index (χ0) is 19.5. The van der Waals surface area contributed by atoms with Crippen LogP contribution in [0, 0.1) is 17.6 Å². The predicted octanol–water partition coefficient (Wildman–Crippen LogP) is 3.67. The number of hydrogen-bond donors (Lipinski definition) is 1. The molecule has 0 radical (unpaired) electrons. The third-order valence-corrected chi connectivity index (χ3v) is 5.09. The van der Waals surface area contributed by atoms with Crippen molar-refractivity contribution in [3.63, 3.8) is 0 Å². The molecule has 2 unspecified atom stereocenters.